The second-order valence-electron chi connectivity index (χ2n) is 6.68. The molecule has 6 heteroatoms. The molecule has 2 aromatic heterocycles. The third kappa shape index (κ3) is 4.34. The van der Waals surface area contributed by atoms with Gasteiger partial charge in [-0.05, 0) is 45.9 Å². The van der Waals surface area contributed by atoms with Crippen molar-refractivity contribution in [3.05, 3.63) is 71.7 Å². The van der Waals surface area contributed by atoms with Crippen LogP contribution in [0.2, 0.25) is 0 Å². The molecule has 1 N–H and O–H groups in total. The van der Waals surface area contributed by atoms with E-state index >= 15 is 0 Å². The van der Waals surface area contributed by atoms with E-state index in [0.717, 1.165) is 16.9 Å². The van der Waals surface area contributed by atoms with Crippen molar-refractivity contribution < 1.29 is 9.53 Å². The van der Waals surface area contributed by atoms with Crippen LogP contribution in [0.5, 0.6) is 5.88 Å². The number of para-hydroxylation sites is 1. The summed E-state index contributed by atoms with van der Waals surface area (Å²) in [5.74, 6) is 0.326. The number of carbonyl (C=O) groups excluding carboxylic acids is 1. The van der Waals surface area contributed by atoms with Crippen molar-refractivity contribution in [3.8, 4) is 11.6 Å². The highest BCUT2D eigenvalue weighted by molar-refractivity contribution is 5.94. The molecule has 1 amide bonds. The number of nitrogens with one attached hydrogen (secondary N) is 1. The Morgan fingerprint density at radius 1 is 1.07 bits per heavy atom. The third-order valence-electron chi connectivity index (χ3n) is 4.22. The molecule has 0 saturated heterocycles. The van der Waals surface area contributed by atoms with Crippen LogP contribution >= 0.6 is 0 Å². The van der Waals surface area contributed by atoms with E-state index < -0.39 is 0 Å². The number of nitrogens with zero attached hydrogens (tertiary/aromatic N) is 3. The summed E-state index contributed by atoms with van der Waals surface area (Å²) in [5, 5.41) is 7.47. The Balaban J connectivity index is 1.71. The molecule has 1 unspecified atom stereocenters. The summed E-state index contributed by atoms with van der Waals surface area (Å²) in [6, 6.07) is 13.2. The van der Waals surface area contributed by atoms with E-state index in [1.165, 1.54) is 6.20 Å². The Morgan fingerprint density at radius 3 is 2.44 bits per heavy atom. The molecule has 0 aliphatic heterocycles. The summed E-state index contributed by atoms with van der Waals surface area (Å²) in [7, 11) is 0. The maximum atomic E-state index is 12.5. The van der Waals surface area contributed by atoms with Gasteiger partial charge >= 0.3 is 0 Å². The summed E-state index contributed by atoms with van der Waals surface area (Å²) in [5.41, 5.74) is 3.45. The van der Waals surface area contributed by atoms with Gasteiger partial charge in [-0.25, -0.2) is 9.67 Å². The van der Waals surface area contributed by atoms with Crippen LogP contribution in [0.15, 0.2) is 54.9 Å². The number of amides is 1. The molecule has 1 aromatic carbocycles. The van der Waals surface area contributed by atoms with Crippen molar-refractivity contribution in [1.82, 2.24) is 20.1 Å². The van der Waals surface area contributed by atoms with Gasteiger partial charge in [-0.2, -0.15) is 5.10 Å². The highest BCUT2D eigenvalue weighted by Gasteiger charge is 2.17. The summed E-state index contributed by atoms with van der Waals surface area (Å²) >= 11 is 0. The average molecular weight is 364 g/mol. The standard InChI is InChI=1S/C21H24N4O2/c1-14(2)27-20-11-10-17(12-22-20)21(26)24-15(3)19-13-23-25(16(19)4)18-8-6-5-7-9-18/h5-15H,1-4H3,(H,24,26). The van der Waals surface area contributed by atoms with Gasteiger partial charge in [0.1, 0.15) is 0 Å². The number of hydrogen-bond donors (Lipinski definition) is 1. The lowest BCUT2D eigenvalue weighted by Crippen LogP contribution is -2.27. The van der Waals surface area contributed by atoms with Crippen molar-refractivity contribution >= 4 is 5.91 Å². The molecule has 0 spiro atoms. The molecule has 3 aromatic rings. The Hall–Kier alpha value is -3.15. The van der Waals surface area contributed by atoms with Crippen molar-refractivity contribution in [1.29, 1.82) is 0 Å². The van der Waals surface area contributed by atoms with Crippen molar-refractivity contribution in [3.63, 3.8) is 0 Å². The Labute approximate surface area is 159 Å². The molecule has 0 aliphatic carbocycles. The first kappa shape index (κ1) is 18.6. The summed E-state index contributed by atoms with van der Waals surface area (Å²) in [4.78, 5) is 16.7. The number of hydrogen-bond acceptors (Lipinski definition) is 4. The van der Waals surface area contributed by atoms with E-state index in [-0.39, 0.29) is 18.1 Å². The van der Waals surface area contributed by atoms with Crippen LogP contribution in [0.4, 0.5) is 0 Å². The minimum absolute atomic E-state index is 0.0429. The van der Waals surface area contributed by atoms with Crippen molar-refractivity contribution in [2.45, 2.75) is 39.8 Å². The molecule has 27 heavy (non-hydrogen) atoms. The predicted molar refractivity (Wildman–Crippen MR) is 104 cm³/mol. The summed E-state index contributed by atoms with van der Waals surface area (Å²) in [6.07, 6.45) is 3.37. The molecule has 1 atom stereocenters. The SMILES string of the molecule is Cc1c(C(C)NC(=O)c2ccc(OC(C)C)nc2)cnn1-c1ccccc1. The topological polar surface area (TPSA) is 69.0 Å². The molecular formula is C21H24N4O2. The summed E-state index contributed by atoms with van der Waals surface area (Å²) < 4.78 is 7.38. The van der Waals surface area contributed by atoms with Crippen molar-refractivity contribution in [2.24, 2.45) is 0 Å². The van der Waals surface area contributed by atoms with E-state index in [2.05, 4.69) is 15.4 Å². The van der Waals surface area contributed by atoms with Gasteiger partial charge in [0.2, 0.25) is 5.88 Å². The molecule has 0 saturated carbocycles. The fourth-order valence-electron chi connectivity index (χ4n) is 2.86. The largest absolute Gasteiger partial charge is 0.475 e. The molecule has 0 fully saturated rings. The van der Waals surface area contributed by atoms with Crippen LogP contribution in [0, 0.1) is 6.92 Å². The maximum Gasteiger partial charge on any atom is 0.253 e. The first-order valence-corrected chi connectivity index (χ1v) is 8.99. The summed E-state index contributed by atoms with van der Waals surface area (Å²) in [6.45, 7) is 7.81. The number of benzene rings is 1. The average Bonchev–Trinajstić information content (AvgIpc) is 3.04. The molecule has 0 bridgehead atoms. The zero-order chi connectivity index (χ0) is 19.4. The Kier molecular flexibility index (Phi) is 5.54. The van der Waals surface area contributed by atoms with E-state index in [9.17, 15) is 4.79 Å². The van der Waals surface area contributed by atoms with Gasteiger partial charge in [0.15, 0.2) is 0 Å². The zero-order valence-corrected chi connectivity index (χ0v) is 16.0. The fraction of sp³-hybridized carbons (Fsp3) is 0.286. The van der Waals surface area contributed by atoms with Gasteiger partial charge in [0.05, 0.1) is 29.6 Å². The van der Waals surface area contributed by atoms with E-state index in [1.54, 1.807) is 18.3 Å². The van der Waals surface area contributed by atoms with E-state index in [4.69, 9.17) is 4.74 Å². The highest BCUT2D eigenvalue weighted by Crippen LogP contribution is 2.20. The number of carbonyl (C=O) groups is 1. The van der Waals surface area contributed by atoms with Crippen LogP contribution in [-0.4, -0.2) is 26.8 Å². The maximum absolute atomic E-state index is 12.5. The van der Waals surface area contributed by atoms with Crippen molar-refractivity contribution in [2.75, 3.05) is 0 Å². The number of rotatable bonds is 6. The second kappa shape index (κ2) is 8.03. The lowest BCUT2D eigenvalue weighted by molar-refractivity contribution is 0.0939. The van der Waals surface area contributed by atoms with Crippen LogP contribution in [0.25, 0.3) is 5.69 Å². The number of pyridine rings is 1. The fourth-order valence-corrected chi connectivity index (χ4v) is 2.86. The smallest absolute Gasteiger partial charge is 0.253 e. The van der Waals surface area contributed by atoms with E-state index in [0.29, 0.717) is 11.4 Å². The van der Waals surface area contributed by atoms with Gasteiger partial charge in [-0.3, -0.25) is 4.79 Å². The number of aromatic nitrogens is 3. The normalized spacial score (nSPS) is 12.0. The van der Waals surface area contributed by atoms with Crippen LogP contribution in [-0.2, 0) is 0 Å². The van der Waals surface area contributed by atoms with E-state index in [1.807, 2.05) is 62.7 Å². The van der Waals surface area contributed by atoms with Gasteiger partial charge in [-0.15, -0.1) is 0 Å². The van der Waals surface area contributed by atoms with Crippen LogP contribution in [0.3, 0.4) is 0 Å². The lowest BCUT2D eigenvalue weighted by Gasteiger charge is -2.14. The van der Waals surface area contributed by atoms with Gasteiger partial charge in [0.25, 0.3) is 5.91 Å². The van der Waals surface area contributed by atoms with Gasteiger partial charge in [-0.1, -0.05) is 18.2 Å². The Morgan fingerprint density at radius 2 is 1.81 bits per heavy atom. The predicted octanol–water partition coefficient (Wildman–Crippen LogP) is 3.85. The highest BCUT2D eigenvalue weighted by atomic mass is 16.5. The quantitative estimate of drug-likeness (QED) is 0.721. The van der Waals surface area contributed by atoms with Crippen LogP contribution in [0.1, 0.15) is 48.4 Å². The molecule has 140 valence electrons. The molecule has 0 radical (unpaired) electrons. The van der Waals surface area contributed by atoms with Gasteiger partial charge in [0, 0.05) is 23.5 Å². The lowest BCUT2D eigenvalue weighted by atomic mass is 10.1. The van der Waals surface area contributed by atoms with Gasteiger partial charge < -0.3 is 10.1 Å². The third-order valence-corrected chi connectivity index (χ3v) is 4.22. The molecular weight excluding hydrogens is 340 g/mol. The monoisotopic (exact) mass is 364 g/mol. The molecule has 6 nitrogen and oxygen atoms in total. The minimum Gasteiger partial charge on any atom is -0.475 e. The minimum atomic E-state index is -0.182. The zero-order valence-electron chi connectivity index (χ0n) is 16.0. The molecule has 0 aliphatic rings. The molecule has 3 rings (SSSR count). The Bertz CT molecular complexity index is 902. The second-order valence-corrected chi connectivity index (χ2v) is 6.68. The first-order chi connectivity index (χ1) is 13.0. The first-order valence-electron chi connectivity index (χ1n) is 8.99. The molecule has 2 heterocycles. The number of ether oxygens (including phenoxy) is 1. The van der Waals surface area contributed by atoms with Crippen LogP contribution < -0.4 is 10.1 Å².